The predicted molar refractivity (Wildman–Crippen MR) is 88.0 cm³/mol. The van der Waals surface area contributed by atoms with Gasteiger partial charge in [0.25, 0.3) is 0 Å². The zero-order valence-corrected chi connectivity index (χ0v) is 14.1. The highest BCUT2D eigenvalue weighted by atomic mass is 16.3. The third kappa shape index (κ3) is 5.11. The summed E-state index contributed by atoms with van der Waals surface area (Å²) < 4.78 is 0. The second-order valence-corrected chi connectivity index (χ2v) is 6.79. The molecule has 2 aliphatic rings. The summed E-state index contributed by atoms with van der Waals surface area (Å²) >= 11 is 0. The summed E-state index contributed by atoms with van der Waals surface area (Å²) in [4.78, 5) is 18.5. The molecule has 0 radical (unpaired) electrons. The van der Waals surface area contributed by atoms with Gasteiger partial charge in [0.05, 0.1) is 6.61 Å². The molecular formula is C16H32N4O2. The molecule has 1 unspecified atom stereocenters. The maximum Gasteiger partial charge on any atom is 0.319 e. The van der Waals surface area contributed by atoms with Gasteiger partial charge in [0.2, 0.25) is 0 Å². The maximum absolute atomic E-state index is 12.3. The smallest absolute Gasteiger partial charge is 0.319 e. The van der Waals surface area contributed by atoms with Gasteiger partial charge in [-0.1, -0.05) is 0 Å². The fourth-order valence-corrected chi connectivity index (χ4v) is 3.53. The number of piperidine rings is 1. The van der Waals surface area contributed by atoms with Crippen molar-refractivity contribution in [1.29, 1.82) is 0 Å². The Bertz CT molecular complexity index is 339. The number of urea groups is 1. The summed E-state index contributed by atoms with van der Waals surface area (Å²) in [6.07, 6.45) is 4.38. The minimum atomic E-state index is 0.209. The minimum absolute atomic E-state index is 0.209. The number of carbonyl (C=O) groups is 1. The SMILES string of the molecule is CC(CN(C)CCO)NC1CCN(C(=O)N2CCCC2)CC1. The Morgan fingerprint density at radius 3 is 2.41 bits per heavy atom. The zero-order valence-electron chi connectivity index (χ0n) is 14.1. The highest BCUT2D eigenvalue weighted by Gasteiger charge is 2.28. The Morgan fingerprint density at radius 1 is 1.23 bits per heavy atom. The van der Waals surface area contributed by atoms with Crippen LogP contribution in [0.3, 0.4) is 0 Å². The molecule has 1 atom stereocenters. The molecule has 0 saturated carbocycles. The van der Waals surface area contributed by atoms with Gasteiger partial charge in [0, 0.05) is 51.4 Å². The number of carbonyl (C=O) groups excluding carboxylic acids is 1. The number of hydrogen-bond donors (Lipinski definition) is 2. The maximum atomic E-state index is 12.3. The van der Waals surface area contributed by atoms with E-state index in [2.05, 4.69) is 17.1 Å². The van der Waals surface area contributed by atoms with Gasteiger partial charge >= 0.3 is 6.03 Å². The Morgan fingerprint density at radius 2 is 1.82 bits per heavy atom. The largest absolute Gasteiger partial charge is 0.395 e. The molecule has 0 aromatic rings. The second kappa shape index (κ2) is 8.70. The summed E-state index contributed by atoms with van der Waals surface area (Å²) in [5.41, 5.74) is 0. The number of rotatable bonds is 6. The predicted octanol–water partition coefficient (Wildman–Crippen LogP) is 0.569. The van der Waals surface area contributed by atoms with Crippen molar-refractivity contribution in [1.82, 2.24) is 20.0 Å². The Hall–Kier alpha value is -0.850. The lowest BCUT2D eigenvalue weighted by atomic mass is 10.0. The van der Waals surface area contributed by atoms with E-state index in [9.17, 15) is 4.79 Å². The summed E-state index contributed by atoms with van der Waals surface area (Å²) in [6.45, 7) is 7.66. The summed E-state index contributed by atoms with van der Waals surface area (Å²) in [5.74, 6) is 0. The normalized spacial score (nSPS) is 21.6. The van der Waals surface area contributed by atoms with Crippen LogP contribution >= 0.6 is 0 Å². The molecule has 0 aliphatic carbocycles. The van der Waals surface area contributed by atoms with Gasteiger partial charge in [0.1, 0.15) is 0 Å². The molecule has 128 valence electrons. The fraction of sp³-hybridized carbons (Fsp3) is 0.938. The highest BCUT2D eigenvalue weighted by molar-refractivity contribution is 5.74. The van der Waals surface area contributed by atoms with Crippen molar-refractivity contribution in [3.8, 4) is 0 Å². The van der Waals surface area contributed by atoms with E-state index >= 15 is 0 Å². The van der Waals surface area contributed by atoms with E-state index in [0.29, 0.717) is 12.1 Å². The average Bonchev–Trinajstić information content (AvgIpc) is 3.01. The Balaban J connectivity index is 1.67. The molecule has 2 fully saturated rings. The van der Waals surface area contributed by atoms with E-state index in [-0.39, 0.29) is 12.6 Å². The van der Waals surface area contributed by atoms with Gasteiger partial charge in [-0.2, -0.15) is 0 Å². The first-order chi connectivity index (χ1) is 10.6. The molecule has 0 aromatic heterocycles. The van der Waals surface area contributed by atoms with Crippen molar-refractivity contribution in [2.75, 3.05) is 52.9 Å². The third-order valence-corrected chi connectivity index (χ3v) is 4.73. The first kappa shape index (κ1) is 17.5. The molecule has 2 rings (SSSR count). The fourth-order valence-electron chi connectivity index (χ4n) is 3.53. The van der Waals surface area contributed by atoms with Crippen LogP contribution in [0.15, 0.2) is 0 Å². The summed E-state index contributed by atoms with van der Waals surface area (Å²) in [7, 11) is 2.03. The highest BCUT2D eigenvalue weighted by Crippen LogP contribution is 2.16. The van der Waals surface area contributed by atoms with Crippen LogP contribution in [-0.2, 0) is 0 Å². The van der Waals surface area contributed by atoms with Crippen molar-refractivity contribution in [3.63, 3.8) is 0 Å². The number of likely N-dealkylation sites (tertiary alicyclic amines) is 2. The van der Waals surface area contributed by atoms with Crippen LogP contribution in [0.2, 0.25) is 0 Å². The van der Waals surface area contributed by atoms with Gasteiger partial charge in [0.15, 0.2) is 0 Å². The second-order valence-electron chi connectivity index (χ2n) is 6.79. The summed E-state index contributed by atoms with van der Waals surface area (Å²) in [6, 6.07) is 1.15. The molecule has 6 nitrogen and oxygen atoms in total. The van der Waals surface area contributed by atoms with Gasteiger partial charge in [-0.05, 0) is 39.7 Å². The third-order valence-electron chi connectivity index (χ3n) is 4.73. The molecule has 22 heavy (non-hydrogen) atoms. The van der Waals surface area contributed by atoms with E-state index < -0.39 is 0 Å². The number of aliphatic hydroxyl groups is 1. The number of hydrogen-bond acceptors (Lipinski definition) is 4. The van der Waals surface area contributed by atoms with Crippen LogP contribution < -0.4 is 5.32 Å². The molecule has 2 aliphatic heterocycles. The first-order valence-corrected chi connectivity index (χ1v) is 8.69. The molecule has 0 aromatic carbocycles. The molecule has 0 spiro atoms. The lowest BCUT2D eigenvalue weighted by Gasteiger charge is -2.36. The topological polar surface area (TPSA) is 59.1 Å². The number of amides is 2. The van der Waals surface area contributed by atoms with Crippen LogP contribution in [0.4, 0.5) is 4.79 Å². The van der Waals surface area contributed by atoms with E-state index in [1.165, 1.54) is 0 Å². The molecule has 2 heterocycles. The Labute approximate surface area is 134 Å². The van der Waals surface area contributed by atoms with E-state index in [1.807, 2.05) is 16.8 Å². The van der Waals surface area contributed by atoms with Crippen molar-refractivity contribution < 1.29 is 9.90 Å². The molecular weight excluding hydrogens is 280 g/mol. The lowest BCUT2D eigenvalue weighted by molar-refractivity contribution is 0.141. The molecule has 2 saturated heterocycles. The standard InChI is InChI=1S/C16H32N4O2/c1-14(13-18(2)11-12-21)17-15-5-9-20(10-6-15)16(22)19-7-3-4-8-19/h14-15,17,21H,3-13H2,1-2H3. The number of aliphatic hydroxyl groups excluding tert-OH is 1. The van der Waals surface area contributed by atoms with Crippen molar-refractivity contribution in [2.24, 2.45) is 0 Å². The Kier molecular flexibility index (Phi) is 6.92. The van der Waals surface area contributed by atoms with Crippen LogP contribution in [0.25, 0.3) is 0 Å². The van der Waals surface area contributed by atoms with Gasteiger partial charge in [-0.25, -0.2) is 4.79 Å². The summed E-state index contributed by atoms with van der Waals surface area (Å²) in [5, 5.41) is 12.6. The van der Waals surface area contributed by atoms with Gasteiger partial charge < -0.3 is 25.1 Å². The first-order valence-electron chi connectivity index (χ1n) is 8.69. The number of nitrogens with zero attached hydrogens (tertiary/aromatic N) is 3. The zero-order chi connectivity index (χ0) is 15.9. The van der Waals surface area contributed by atoms with Crippen molar-refractivity contribution >= 4 is 6.03 Å². The number of likely N-dealkylation sites (N-methyl/N-ethyl adjacent to an activating group) is 1. The van der Waals surface area contributed by atoms with Crippen LogP contribution in [0.1, 0.15) is 32.6 Å². The molecule has 6 heteroatoms. The van der Waals surface area contributed by atoms with E-state index in [4.69, 9.17) is 5.11 Å². The van der Waals surface area contributed by atoms with Crippen molar-refractivity contribution in [2.45, 2.75) is 44.7 Å². The van der Waals surface area contributed by atoms with Crippen LogP contribution in [-0.4, -0.2) is 90.8 Å². The lowest BCUT2D eigenvalue weighted by Crippen LogP contribution is -2.51. The van der Waals surface area contributed by atoms with Crippen molar-refractivity contribution in [3.05, 3.63) is 0 Å². The average molecular weight is 312 g/mol. The van der Waals surface area contributed by atoms with E-state index in [0.717, 1.165) is 65.0 Å². The molecule has 2 amide bonds. The van der Waals surface area contributed by atoms with Crippen LogP contribution in [0.5, 0.6) is 0 Å². The van der Waals surface area contributed by atoms with Gasteiger partial charge in [-0.15, -0.1) is 0 Å². The molecule has 0 bridgehead atoms. The van der Waals surface area contributed by atoms with E-state index in [1.54, 1.807) is 0 Å². The van der Waals surface area contributed by atoms with Gasteiger partial charge in [-0.3, -0.25) is 0 Å². The number of nitrogens with one attached hydrogen (secondary N) is 1. The van der Waals surface area contributed by atoms with Crippen LogP contribution in [0, 0.1) is 0 Å². The molecule has 2 N–H and O–H groups in total. The monoisotopic (exact) mass is 312 g/mol. The minimum Gasteiger partial charge on any atom is -0.395 e. The quantitative estimate of drug-likeness (QED) is 0.753.